The summed E-state index contributed by atoms with van der Waals surface area (Å²) in [7, 11) is 0. The minimum atomic E-state index is -0.0666. The van der Waals surface area contributed by atoms with Crippen molar-refractivity contribution in [2.75, 3.05) is 0 Å². The second kappa shape index (κ2) is 6.10. The average Bonchev–Trinajstić information content (AvgIpc) is 2.29. The van der Waals surface area contributed by atoms with E-state index in [1.807, 2.05) is 31.2 Å². The van der Waals surface area contributed by atoms with Gasteiger partial charge >= 0.3 is 0 Å². The summed E-state index contributed by atoms with van der Waals surface area (Å²) in [5.41, 5.74) is 1.91. The molecule has 2 nitrogen and oxygen atoms in total. The molecule has 1 unspecified atom stereocenters. The highest BCUT2D eigenvalue weighted by Gasteiger charge is 2.09. The molecule has 0 fully saturated rings. The molecule has 0 saturated carbocycles. The lowest BCUT2D eigenvalue weighted by atomic mass is 10.0. The highest BCUT2D eigenvalue weighted by molar-refractivity contribution is 5.94. The van der Waals surface area contributed by atoms with Crippen molar-refractivity contribution < 1.29 is 4.79 Å². The number of carbonyl (C=O) groups excluding carboxylic acids is 1. The fraction of sp³-hybridized carbons (Fsp3) is 0.400. The van der Waals surface area contributed by atoms with Gasteiger partial charge in [-0.3, -0.25) is 4.79 Å². The Morgan fingerprint density at radius 2 is 1.88 bits per heavy atom. The molecule has 0 bridgehead atoms. The van der Waals surface area contributed by atoms with Gasteiger partial charge in [0.05, 0.1) is 0 Å². The van der Waals surface area contributed by atoms with Crippen molar-refractivity contribution in [2.24, 2.45) is 0 Å². The van der Waals surface area contributed by atoms with E-state index >= 15 is 0 Å². The fourth-order valence-electron chi connectivity index (χ4n) is 1.55. The number of rotatable bonds is 4. The maximum atomic E-state index is 11.8. The number of amides is 1. The molecule has 0 aromatic heterocycles. The largest absolute Gasteiger partial charge is 0.349 e. The van der Waals surface area contributed by atoms with Gasteiger partial charge in [-0.1, -0.05) is 26.0 Å². The van der Waals surface area contributed by atoms with Crippen LogP contribution in [-0.2, 0) is 0 Å². The molecule has 0 heterocycles. The Balaban J connectivity index is 2.67. The Kier molecular flexibility index (Phi) is 4.78. The predicted molar refractivity (Wildman–Crippen MR) is 70.9 cm³/mol. The van der Waals surface area contributed by atoms with Gasteiger partial charge in [-0.15, -0.1) is 12.3 Å². The number of carbonyl (C=O) groups is 1. The Labute approximate surface area is 103 Å². The Bertz CT molecular complexity index is 412. The molecule has 1 amide bonds. The summed E-state index contributed by atoms with van der Waals surface area (Å²) < 4.78 is 0. The highest BCUT2D eigenvalue weighted by Crippen LogP contribution is 2.14. The molecule has 90 valence electrons. The van der Waals surface area contributed by atoms with Crippen LogP contribution < -0.4 is 5.32 Å². The summed E-state index contributed by atoms with van der Waals surface area (Å²) in [6, 6.07) is 7.70. The lowest BCUT2D eigenvalue weighted by Crippen LogP contribution is -2.32. The molecule has 1 aromatic rings. The molecule has 0 radical (unpaired) electrons. The fourth-order valence-corrected chi connectivity index (χ4v) is 1.55. The quantitative estimate of drug-likeness (QED) is 0.790. The summed E-state index contributed by atoms with van der Waals surface area (Å²) in [6.45, 7) is 6.16. The van der Waals surface area contributed by atoms with E-state index in [4.69, 9.17) is 6.42 Å². The molecule has 1 N–H and O–H groups in total. The number of nitrogens with one attached hydrogen (secondary N) is 1. The third-order valence-electron chi connectivity index (χ3n) is 2.64. The molecular weight excluding hydrogens is 210 g/mol. The summed E-state index contributed by atoms with van der Waals surface area (Å²) >= 11 is 0. The Morgan fingerprint density at radius 1 is 1.29 bits per heavy atom. The standard InChI is InChI=1S/C15H19NO/c1-5-6-12(4)16-15(17)14-9-7-13(8-10-14)11(2)3/h1,7-12H,6H2,2-4H3,(H,16,17). The van der Waals surface area contributed by atoms with E-state index in [1.54, 1.807) is 0 Å². The van der Waals surface area contributed by atoms with Gasteiger partial charge < -0.3 is 5.32 Å². The van der Waals surface area contributed by atoms with Gasteiger partial charge in [0.15, 0.2) is 0 Å². The molecule has 0 aliphatic heterocycles. The zero-order valence-corrected chi connectivity index (χ0v) is 10.7. The van der Waals surface area contributed by atoms with Gasteiger partial charge in [0, 0.05) is 18.0 Å². The zero-order valence-electron chi connectivity index (χ0n) is 10.7. The van der Waals surface area contributed by atoms with Gasteiger partial charge in [-0.25, -0.2) is 0 Å². The molecule has 0 spiro atoms. The lowest BCUT2D eigenvalue weighted by molar-refractivity contribution is 0.0941. The SMILES string of the molecule is C#CCC(C)NC(=O)c1ccc(C(C)C)cc1. The van der Waals surface area contributed by atoms with Gasteiger partial charge in [0.1, 0.15) is 0 Å². The van der Waals surface area contributed by atoms with E-state index in [9.17, 15) is 4.79 Å². The van der Waals surface area contributed by atoms with Crippen LogP contribution in [-0.4, -0.2) is 11.9 Å². The van der Waals surface area contributed by atoms with Crippen molar-refractivity contribution in [3.05, 3.63) is 35.4 Å². The Morgan fingerprint density at radius 3 is 2.35 bits per heavy atom. The van der Waals surface area contributed by atoms with Gasteiger partial charge in [0.25, 0.3) is 5.91 Å². The van der Waals surface area contributed by atoms with Crippen LogP contribution in [0.4, 0.5) is 0 Å². The van der Waals surface area contributed by atoms with Crippen LogP contribution in [0.15, 0.2) is 24.3 Å². The first-order valence-corrected chi connectivity index (χ1v) is 5.89. The van der Waals surface area contributed by atoms with Crippen molar-refractivity contribution in [1.29, 1.82) is 0 Å². The second-order valence-corrected chi connectivity index (χ2v) is 4.56. The number of terminal acetylenes is 1. The first kappa shape index (κ1) is 13.3. The summed E-state index contributed by atoms with van der Waals surface area (Å²) in [5.74, 6) is 2.95. The highest BCUT2D eigenvalue weighted by atomic mass is 16.1. The van der Waals surface area contributed by atoms with Crippen molar-refractivity contribution in [1.82, 2.24) is 5.32 Å². The van der Waals surface area contributed by atoms with Crippen LogP contribution >= 0.6 is 0 Å². The van der Waals surface area contributed by atoms with E-state index in [-0.39, 0.29) is 11.9 Å². The van der Waals surface area contributed by atoms with Crippen LogP contribution in [0.25, 0.3) is 0 Å². The molecule has 0 saturated heterocycles. The van der Waals surface area contributed by atoms with Gasteiger partial charge in [0.2, 0.25) is 0 Å². The van der Waals surface area contributed by atoms with E-state index in [1.165, 1.54) is 5.56 Å². The minimum absolute atomic E-state index is 0.0114. The van der Waals surface area contributed by atoms with E-state index in [0.717, 1.165) is 0 Å². The third kappa shape index (κ3) is 3.96. The predicted octanol–water partition coefficient (Wildman–Crippen LogP) is 2.95. The molecule has 1 aromatic carbocycles. The molecule has 1 rings (SSSR count). The van der Waals surface area contributed by atoms with Crippen LogP contribution in [0, 0.1) is 12.3 Å². The Hall–Kier alpha value is -1.75. The average molecular weight is 229 g/mol. The number of hydrogen-bond donors (Lipinski definition) is 1. The van der Waals surface area contributed by atoms with Crippen LogP contribution in [0.3, 0.4) is 0 Å². The number of benzene rings is 1. The monoisotopic (exact) mass is 229 g/mol. The van der Waals surface area contributed by atoms with Crippen molar-refractivity contribution >= 4 is 5.91 Å². The van der Waals surface area contributed by atoms with Crippen LogP contribution in [0.1, 0.15) is 49.0 Å². The van der Waals surface area contributed by atoms with Gasteiger partial charge in [-0.05, 0) is 30.5 Å². The topological polar surface area (TPSA) is 29.1 Å². The molecule has 17 heavy (non-hydrogen) atoms. The maximum absolute atomic E-state index is 11.8. The van der Waals surface area contributed by atoms with Gasteiger partial charge in [-0.2, -0.15) is 0 Å². The second-order valence-electron chi connectivity index (χ2n) is 4.56. The first-order chi connectivity index (χ1) is 8.04. The molecular formula is C15H19NO. The van der Waals surface area contributed by atoms with Crippen LogP contribution in [0.2, 0.25) is 0 Å². The minimum Gasteiger partial charge on any atom is -0.349 e. The summed E-state index contributed by atoms with van der Waals surface area (Å²) in [4.78, 5) is 11.8. The normalized spacial score (nSPS) is 11.9. The number of hydrogen-bond acceptors (Lipinski definition) is 1. The summed E-state index contributed by atoms with van der Waals surface area (Å²) in [6.07, 6.45) is 5.75. The molecule has 2 heteroatoms. The van der Waals surface area contributed by atoms with E-state index in [0.29, 0.717) is 17.9 Å². The lowest BCUT2D eigenvalue weighted by Gasteiger charge is -2.11. The third-order valence-corrected chi connectivity index (χ3v) is 2.64. The van der Waals surface area contributed by atoms with Crippen molar-refractivity contribution in [3.63, 3.8) is 0 Å². The van der Waals surface area contributed by atoms with Crippen LogP contribution in [0.5, 0.6) is 0 Å². The van der Waals surface area contributed by atoms with Crippen molar-refractivity contribution in [2.45, 2.75) is 39.2 Å². The molecule has 0 aliphatic rings. The smallest absolute Gasteiger partial charge is 0.251 e. The maximum Gasteiger partial charge on any atom is 0.251 e. The summed E-state index contributed by atoms with van der Waals surface area (Å²) in [5, 5.41) is 2.86. The van der Waals surface area contributed by atoms with Crippen molar-refractivity contribution in [3.8, 4) is 12.3 Å². The molecule has 0 aliphatic carbocycles. The van der Waals surface area contributed by atoms with E-state index < -0.39 is 0 Å². The molecule has 1 atom stereocenters. The first-order valence-electron chi connectivity index (χ1n) is 5.89. The van der Waals surface area contributed by atoms with E-state index in [2.05, 4.69) is 25.1 Å². The zero-order chi connectivity index (χ0) is 12.8.